The van der Waals surface area contributed by atoms with E-state index in [1.165, 1.54) is 0 Å². The Labute approximate surface area is 113 Å². The predicted octanol–water partition coefficient (Wildman–Crippen LogP) is 2.98. The Morgan fingerprint density at radius 2 is 2.05 bits per heavy atom. The fourth-order valence-corrected chi connectivity index (χ4v) is 1.96. The highest BCUT2D eigenvalue weighted by atomic mass is 16.1. The van der Waals surface area contributed by atoms with E-state index in [1.807, 2.05) is 42.8 Å². The van der Waals surface area contributed by atoms with Crippen LogP contribution in [0.5, 0.6) is 0 Å². The van der Waals surface area contributed by atoms with Gasteiger partial charge in [0.25, 0.3) is 0 Å². The van der Waals surface area contributed by atoms with Crippen molar-refractivity contribution in [2.45, 2.75) is 33.2 Å². The van der Waals surface area contributed by atoms with E-state index in [0.717, 1.165) is 23.5 Å². The van der Waals surface area contributed by atoms with E-state index in [9.17, 15) is 4.79 Å². The topological polar surface area (TPSA) is 46.9 Å². The van der Waals surface area contributed by atoms with Gasteiger partial charge in [0.15, 0.2) is 0 Å². The predicted molar refractivity (Wildman–Crippen MR) is 76.0 cm³/mol. The summed E-state index contributed by atoms with van der Waals surface area (Å²) in [6, 6.07) is 12.0. The van der Waals surface area contributed by atoms with Crippen molar-refractivity contribution in [2.24, 2.45) is 0 Å². The molecule has 19 heavy (non-hydrogen) atoms. The lowest BCUT2D eigenvalue weighted by Gasteiger charge is -2.08. The van der Waals surface area contributed by atoms with E-state index in [-0.39, 0.29) is 5.91 Å². The second-order valence-corrected chi connectivity index (χ2v) is 4.61. The lowest BCUT2D eigenvalue weighted by molar-refractivity contribution is -0.116. The second-order valence-electron chi connectivity index (χ2n) is 4.61. The molecule has 1 N–H and O–H groups in total. The van der Waals surface area contributed by atoms with Crippen LogP contribution in [-0.2, 0) is 11.3 Å². The monoisotopic (exact) mass is 257 g/mol. The summed E-state index contributed by atoms with van der Waals surface area (Å²) in [7, 11) is 0. The number of carbonyl (C=O) groups is 1. The van der Waals surface area contributed by atoms with E-state index in [4.69, 9.17) is 0 Å². The van der Waals surface area contributed by atoms with Crippen molar-refractivity contribution >= 4 is 11.7 Å². The zero-order chi connectivity index (χ0) is 13.7. The maximum Gasteiger partial charge on any atom is 0.225 e. The van der Waals surface area contributed by atoms with Crippen LogP contribution in [0, 0.1) is 6.92 Å². The number of anilines is 1. The van der Waals surface area contributed by atoms with E-state index >= 15 is 0 Å². The van der Waals surface area contributed by atoms with E-state index in [2.05, 4.69) is 22.5 Å². The highest BCUT2D eigenvalue weighted by Gasteiger charge is 2.09. The number of rotatable bonds is 5. The third kappa shape index (κ3) is 3.68. The van der Waals surface area contributed by atoms with Gasteiger partial charge in [-0.05, 0) is 18.9 Å². The minimum absolute atomic E-state index is 0.0386. The Morgan fingerprint density at radius 3 is 2.74 bits per heavy atom. The van der Waals surface area contributed by atoms with Gasteiger partial charge >= 0.3 is 0 Å². The number of amides is 1. The molecule has 4 nitrogen and oxygen atoms in total. The molecule has 0 spiro atoms. The maximum absolute atomic E-state index is 11.7. The van der Waals surface area contributed by atoms with Crippen LogP contribution in [0.3, 0.4) is 0 Å². The number of aromatic nitrogens is 2. The van der Waals surface area contributed by atoms with Gasteiger partial charge in [-0.25, -0.2) is 4.68 Å². The first kappa shape index (κ1) is 13.3. The van der Waals surface area contributed by atoms with Gasteiger partial charge in [0.1, 0.15) is 5.82 Å². The standard InChI is InChI=1S/C15H19N3O/c1-3-7-15(19)16-14-10-12(2)17-18(14)11-13-8-5-4-6-9-13/h4-6,8-10H,3,7,11H2,1-2H3,(H,16,19). The van der Waals surface area contributed by atoms with Gasteiger partial charge in [-0.2, -0.15) is 5.10 Å². The van der Waals surface area contributed by atoms with Crippen LogP contribution in [0.15, 0.2) is 36.4 Å². The minimum Gasteiger partial charge on any atom is -0.311 e. The van der Waals surface area contributed by atoms with Crippen molar-refractivity contribution in [2.75, 3.05) is 5.32 Å². The van der Waals surface area contributed by atoms with Crippen LogP contribution in [0.1, 0.15) is 31.0 Å². The van der Waals surface area contributed by atoms with Gasteiger partial charge in [0.05, 0.1) is 12.2 Å². The second kappa shape index (κ2) is 6.18. The summed E-state index contributed by atoms with van der Waals surface area (Å²) in [6.07, 6.45) is 1.38. The molecule has 0 saturated heterocycles. The molecule has 1 aromatic carbocycles. The Hall–Kier alpha value is -2.10. The molecule has 100 valence electrons. The summed E-state index contributed by atoms with van der Waals surface area (Å²) >= 11 is 0. The van der Waals surface area contributed by atoms with Crippen molar-refractivity contribution in [3.05, 3.63) is 47.7 Å². The molecule has 0 fully saturated rings. The molecule has 1 heterocycles. The van der Waals surface area contributed by atoms with Crippen molar-refractivity contribution in [3.8, 4) is 0 Å². The zero-order valence-corrected chi connectivity index (χ0v) is 11.4. The molecule has 0 aliphatic heterocycles. The number of carbonyl (C=O) groups excluding carboxylic acids is 1. The third-order valence-corrected chi connectivity index (χ3v) is 2.82. The summed E-state index contributed by atoms with van der Waals surface area (Å²) < 4.78 is 1.83. The lowest BCUT2D eigenvalue weighted by atomic mass is 10.2. The zero-order valence-electron chi connectivity index (χ0n) is 11.4. The fourth-order valence-electron chi connectivity index (χ4n) is 1.96. The van der Waals surface area contributed by atoms with Crippen molar-refractivity contribution in [3.63, 3.8) is 0 Å². The molecule has 0 unspecified atom stereocenters. The lowest BCUT2D eigenvalue weighted by Crippen LogP contribution is -2.15. The smallest absolute Gasteiger partial charge is 0.225 e. The SMILES string of the molecule is CCCC(=O)Nc1cc(C)nn1Cc1ccccc1. The number of benzene rings is 1. The molecule has 1 amide bonds. The van der Waals surface area contributed by atoms with Crippen LogP contribution >= 0.6 is 0 Å². The van der Waals surface area contributed by atoms with Gasteiger partial charge < -0.3 is 5.32 Å². The minimum atomic E-state index is 0.0386. The molecule has 0 radical (unpaired) electrons. The van der Waals surface area contributed by atoms with E-state index in [1.54, 1.807) is 0 Å². The molecule has 1 aromatic heterocycles. The van der Waals surface area contributed by atoms with Gasteiger partial charge in [-0.15, -0.1) is 0 Å². The van der Waals surface area contributed by atoms with Gasteiger partial charge in [0.2, 0.25) is 5.91 Å². The molecule has 2 aromatic rings. The Kier molecular flexibility index (Phi) is 4.34. The fraction of sp³-hybridized carbons (Fsp3) is 0.333. The molecule has 0 saturated carbocycles. The van der Waals surface area contributed by atoms with Crippen LogP contribution in [0.25, 0.3) is 0 Å². The van der Waals surface area contributed by atoms with E-state index in [0.29, 0.717) is 13.0 Å². The third-order valence-electron chi connectivity index (χ3n) is 2.82. The van der Waals surface area contributed by atoms with Crippen LogP contribution in [0.2, 0.25) is 0 Å². The number of aryl methyl sites for hydroxylation is 1. The average molecular weight is 257 g/mol. The van der Waals surface area contributed by atoms with Crippen LogP contribution in [0.4, 0.5) is 5.82 Å². The van der Waals surface area contributed by atoms with Crippen molar-refractivity contribution in [1.29, 1.82) is 0 Å². The maximum atomic E-state index is 11.7. The first-order valence-electron chi connectivity index (χ1n) is 6.57. The molecular formula is C15H19N3O. The largest absolute Gasteiger partial charge is 0.311 e. The number of hydrogen-bond donors (Lipinski definition) is 1. The molecule has 0 atom stereocenters. The molecule has 0 aliphatic rings. The number of nitrogens with zero attached hydrogens (tertiary/aromatic N) is 2. The molecule has 4 heteroatoms. The first-order valence-corrected chi connectivity index (χ1v) is 6.57. The van der Waals surface area contributed by atoms with Crippen LogP contribution < -0.4 is 5.32 Å². The van der Waals surface area contributed by atoms with Crippen LogP contribution in [-0.4, -0.2) is 15.7 Å². The van der Waals surface area contributed by atoms with Crippen molar-refractivity contribution in [1.82, 2.24) is 9.78 Å². The summed E-state index contributed by atoms with van der Waals surface area (Å²) in [5, 5.41) is 7.34. The Bertz CT molecular complexity index is 546. The Morgan fingerprint density at radius 1 is 1.32 bits per heavy atom. The highest BCUT2D eigenvalue weighted by molar-refractivity contribution is 5.89. The summed E-state index contributed by atoms with van der Waals surface area (Å²) in [5.74, 6) is 0.802. The summed E-state index contributed by atoms with van der Waals surface area (Å²) in [4.78, 5) is 11.7. The first-order chi connectivity index (χ1) is 9.19. The summed E-state index contributed by atoms with van der Waals surface area (Å²) in [6.45, 7) is 4.58. The quantitative estimate of drug-likeness (QED) is 0.895. The Balaban J connectivity index is 2.14. The highest BCUT2D eigenvalue weighted by Crippen LogP contribution is 2.13. The van der Waals surface area contributed by atoms with E-state index < -0.39 is 0 Å². The molecule has 2 rings (SSSR count). The number of nitrogens with one attached hydrogen (secondary N) is 1. The molecule has 0 aliphatic carbocycles. The normalized spacial score (nSPS) is 10.4. The molecular weight excluding hydrogens is 238 g/mol. The number of hydrogen-bond acceptors (Lipinski definition) is 2. The molecule has 0 bridgehead atoms. The van der Waals surface area contributed by atoms with Gasteiger partial charge in [-0.1, -0.05) is 37.3 Å². The van der Waals surface area contributed by atoms with Crippen molar-refractivity contribution < 1.29 is 4.79 Å². The van der Waals surface area contributed by atoms with Gasteiger partial charge in [-0.3, -0.25) is 4.79 Å². The van der Waals surface area contributed by atoms with Gasteiger partial charge in [0, 0.05) is 12.5 Å². The summed E-state index contributed by atoms with van der Waals surface area (Å²) in [5.41, 5.74) is 2.07. The average Bonchev–Trinajstić information content (AvgIpc) is 2.71.